The Morgan fingerprint density at radius 3 is 2.59 bits per heavy atom. The van der Waals surface area contributed by atoms with Gasteiger partial charge in [0.1, 0.15) is 5.75 Å². The number of aryl methyl sites for hydroxylation is 1. The zero-order valence-corrected chi connectivity index (χ0v) is 16.8. The quantitative estimate of drug-likeness (QED) is 0.743. The van der Waals surface area contributed by atoms with Crippen molar-refractivity contribution in [3.8, 4) is 5.75 Å². The number of amides is 1. The zero-order valence-electron chi connectivity index (χ0n) is 16.8. The second kappa shape index (κ2) is 8.09. The number of carbonyl (C=O) groups excluding carboxylic acids is 1. The Morgan fingerprint density at radius 2 is 1.83 bits per heavy atom. The number of ether oxygens (including phenoxy) is 1. The van der Waals surface area contributed by atoms with Crippen molar-refractivity contribution >= 4 is 16.8 Å². The van der Waals surface area contributed by atoms with Crippen LogP contribution >= 0.6 is 0 Å². The fourth-order valence-corrected chi connectivity index (χ4v) is 3.89. The summed E-state index contributed by atoms with van der Waals surface area (Å²) in [7, 11) is 1.58. The largest absolute Gasteiger partial charge is 0.496 e. The van der Waals surface area contributed by atoms with Gasteiger partial charge in [0.25, 0.3) is 11.5 Å². The molecule has 1 aliphatic rings. The minimum atomic E-state index is -0.0423. The first-order chi connectivity index (χ1) is 14.1. The Labute approximate surface area is 169 Å². The molecule has 150 valence electrons. The fourth-order valence-electron chi connectivity index (χ4n) is 3.89. The molecule has 0 radical (unpaired) electrons. The van der Waals surface area contributed by atoms with E-state index in [1.54, 1.807) is 19.2 Å². The summed E-state index contributed by atoms with van der Waals surface area (Å²) >= 11 is 0. The SMILES string of the molecule is COc1ccccc1C(=O)N1CCN(Cc2cc3cccc(C)c3[nH]c2=O)CC1. The van der Waals surface area contributed by atoms with Crippen molar-refractivity contribution in [2.45, 2.75) is 13.5 Å². The van der Waals surface area contributed by atoms with Gasteiger partial charge in [-0.2, -0.15) is 0 Å². The molecule has 0 atom stereocenters. The summed E-state index contributed by atoms with van der Waals surface area (Å²) in [5, 5.41) is 1.05. The number of hydrogen-bond acceptors (Lipinski definition) is 4. The van der Waals surface area contributed by atoms with Gasteiger partial charge in [0.2, 0.25) is 0 Å². The number of piperazine rings is 1. The van der Waals surface area contributed by atoms with E-state index in [0.29, 0.717) is 30.9 Å². The van der Waals surface area contributed by atoms with Gasteiger partial charge in [-0.1, -0.05) is 30.3 Å². The maximum atomic E-state index is 12.8. The highest BCUT2D eigenvalue weighted by Crippen LogP contribution is 2.21. The van der Waals surface area contributed by atoms with Gasteiger partial charge in [-0.3, -0.25) is 14.5 Å². The highest BCUT2D eigenvalue weighted by atomic mass is 16.5. The van der Waals surface area contributed by atoms with E-state index in [2.05, 4.69) is 9.88 Å². The number of carbonyl (C=O) groups is 1. The summed E-state index contributed by atoms with van der Waals surface area (Å²) < 4.78 is 5.32. The van der Waals surface area contributed by atoms with Crippen LogP contribution in [0.15, 0.2) is 53.3 Å². The minimum absolute atomic E-state index is 0.0128. The van der Waals surface area contributed by atoms with Crippen molar-refractivity contribution in [2.75, 3.05) is 33.3 Å². The van der Waals surface area contributed by atoms with Crippen LogP contribution in [0.5, 0.6) is 5.75 Å². The van der Waals surface area contributed by atoms with Gasteiger partial charge in [-0.25, -0.2) is 0 Å². The fraction of sp³-hybridized carbons (Fsp3) is 0.304. The number of aromatic amines is 1. The van der Waals surface area contributed by atoms with Crippen molar-refractivity contribution in [3.63, 3.8) is 0 Å². The van der Waals surface area contributed by atoms with Crippen molar-refractivity contribution in [3.05, 3.63) is 75.6 Å². The molecular weight excluding hydrogens is 366 g/mol. The van der Waals surface area contributed by atoms with Crippen LogP contribution < -0.4 is 10.3 Å². The van der Waals surface area contributed by atoms with Crippen molar-refractivity contribution in [1.29, 1.82) is 0 Å². The Hall–Kier alpha value is -3.12. The smallest absolute Gasteiger partial charge is 0.257 e. The summed E-state index contributed by atoms with van der Waals surface area (Å²) in [6.07, 6.45) is 0. The number of para-hydroxylation sites is 2. The first kappa shape index (κ1) is 19.2. The number of nitrogens with one attached hydrogen (secondary N) is 1. The number of hydrogen-bond donors (Lipinski definition) is 1. The van der Waals surface area contributed by atoms with E-state index in [1.165, 1.54) is 0 Å². The Balaban J connectivity index is 1.44. The highest BCUT2D eigenvalue weighted by Gasteiger charge is 2.24. The number of methoxy groups -OCH3 is 1. The number of H-pyrrole nitrogens is 1. The zero-order chi connectivity index (χ0) is 20.4. The van der Waals surface area contributed by atoms with E-state index >= 15 is 0 Å². The molecule has 1 N–H and O–H groups in total. The van der Waals surface area contributed by atoms with Gasteiger partial charge in [-0.05, 0) is 36.1 Å². The number of aromatic nitrogens is 1. The van der Waals surface area contributed by atoms with Crippen LogP contribution in [0.4, 0.5) is 0 Å². The molecule has 2 heterocycles. The summed E-state index contributed by atoms with van der Waals surface area (Å²) in [5.41, 5.74) is 3.26. The predicted molar refractivity (Wildman–Crippen MR) is 113 cm³/mol. The van der Waals surface area contributed by atoms with Crippen molar-refractivity contribution in [1.82, 2.24) is 14.8 Å². The molecule has 0 spiro atoms. The van der Waals surface area contributed by atoms with E-state index in [4.69, 9.17) is 4.74 Å². The molecule has 1 aromatic heterocycles. The van der Waals surface area contributed by atoms with Crippen LogP contribution in [0, 0.1) is 6.92 Å². The molecule has 4 rings (SSSR count). The van der Waals surface area contributed by atoms with Crippen LogP contribution in [-0.4, -0.2) is 54.0 Å². The van der Waals surface area contributed by atoms with Gasteiger partial charge < -0.3 is 14.6 Å². The van der Waals surface area contributed by atoms with Crippen molar-refractivity contribution in [2.24, 2.45) is 0 Å². The lowest BCUT2D eigenvalue weighted by Gasteiger charge is -2.34. The Bertz CT molecular complexity index is 1100. The molecule has 1 saturated heterocycles. The molecule has 2 aromatic carbocycles. The van der Waals surface area contributed by atoms with Crippen LogP contribution in [0.3, 0.4) is 0 Å². The number of rotatable bonds is 4. The molecule has 0 unspecified atom stereocenters. The first-order valence-corrected chi connectivity index (χ1v) is 9.83. The summed E-state index contributed by atoms with van der Waals surface area (Å²) in [6.45, 7) is 5.28. The average molecular weight is 391 g/mol. The molecule has 6 nitrogen and oxygen atoms in total. The topological polar surface area (TPSA) is 65.6 Å². The van der Waals surface area contributed by atoms with E-state index in [1.807, 2.05) is 48.2 Å². The van der Waals surface area contributed by atoms with Crippen LogP contribution in [0.1, 0.15) is 21.5 Å². The maximum absolute atomic E-state index is 12.8. The summed E-state index contributed by atoms with van der Waals surface area (Å²) in [5.74, 6) is 0.582. The maximum Gasteiger partial charge on any atom is 0.257 e. The van der Waals surface area contributed by atoms with Gasteiger partial charge in [0, 0.05) is 38.3 Å². The summed E-state index contributed by atoms with van der Waals surface area (Å²) in [4.78, 5) is 32.5. The predicted octanol–water partition coefficient (Wildman–Crippen LogP) is 2.80. The number of nitrogens with zero attached hydrogens (tertiary/aromatic N) is 2. The lowest BCUT2D eigenvalue weighted by Crippen LogP contribution is -2.48. The lowest BCUT2D eigenvalue weighted by molar-refractivity contribution is 0.0625. The molecule has 0 aliphatic carbocycles. The molecule has 6 heteroatoms. The third-order valence-electron chi connectivity index (χ3n) is 5.56. The van der Waals surface area contributed by atoms with Crippen LogP contribution in [0.2, 0.25) is 0 Å². The molecule has 1 amide bonds. The lowest BCUT2D eigenvalue weighted by atomic mass is 10.1. The standard InChI is InChI=1S/C23H25N3O3/c1-16-6-5-7-17-14-18(22(27)24-21(16)17)15-25-10-12-26(13-11-25)23(28)19-8-3-4-9-20(19)29-2/h3-9,14H,10-13,15H2,1-2H3,(H,24,27). The molecule has 29 heavy (non-hydrogen) atoms. The van der Waals surface area contributed by atoms with Crippen molar-refractivity contribution < 1.29 is 9.53 Å². The molecule has 1 fully saturated rings. The molecule has 1 aliphatic heterocycles. The van der Waals surface area contributed by atoms with Crippen LogP contribution in [-0.2, 0) is 6.54 Å². The second-order valence-corrected chi connectivity index (χ2v) is 7.43. The molecule has 0 saturated carbocycles. The average Bonchev–Trinajstić information content (AvgIpc) is 2.75. The van der Waals surface area contributed by atoms with Gasteiger partial charge in [0.15, 0.2) is 0 Å². The molecule has 0 bridgehead atoms. The Morgan fingerprint density at radius 1 is 1.07 bits per heavy atom. The second-order valence-electron chi connectivity index (χ2n) is 7.43. The molecular formula is C23H25N3O3. The highest BCUT2D eigenvalue weighted by molar-refractivity contribution is 5.97. The number of fused-ring (bicyclic) bond motifs is 1. The van der Waals surface area contributed by atoms with E-state index in [-0.39, 0.29) is 11.5 Å². The third-order valence-corrected chi connectivity index (χ3v) is 5.56. The monoisotopic (exact) mass is 391 g/mol. The van der Waals surface area contributed by atoms with Gasteiger partial charge >= 0.3 is 0 Å². The van der Waals surface area contributed by atoms with Gasteiger partial charge in [0.05, 0.1) is 18.2 Å². The van der Waals surface area contributed by atoms with E-state index < -0.39 is 0 Å². The molecule has 3 aromatic rings. The van der Waals surface area contributed by atoms with Crippen LogP contribution in [0.25, 0.3) is 10.9 Å². The first-order valence-electron chi connectivity index (χ1n) is 9.83. The number of pyridine rings is 1. The van der Waals surface area contributed by atoms with E-state index in [0.717, 1.165) is 35.1 Å². The third kappa shape index (κ3) is 3.89. The summed E-state index contributed by atoms with van der Waals surface area (Å²) in [6, 6.07) is 15.3. The minimum Gasteiger partial charge on any atom is -0.496 e. The normalized spacial score (nSPS) is 14.9. The van der Waals surface area contributed by atoms with E-state index in [9.17, 15) is 9.59 Å². The number of benzene rings is 2. The van der Waals surface area contributed by atoms with Gasteiger partial charge in [-0.15, -0.1) is 0 Å². The Kier molecular flexibility index (Phi) is 5.36.